The first-order valence-corrected chi connectivity index (χ1v) is 8.25. The number of nitrogens with two attached hydrogens (primary N) is 1. The van der Waals surface area contributed by atoms with Gasteiger partial charge < -0.3 is 5.73 Å². The molecule has 2 rings (SSSR count). The summed E-state index contributed by atoms with van der Waals surface area (Å²) in [5, 5.41) is 0.229. The van der Waals surface area contributed by atoms with E-state index in [-0.39, 0.29) is 16.0 Å². The summed E-state index contributed by atoms with van der Waals surface area (Å²) < 4.78 is 27.2. The summed E-state index contributed by atoms with van der Waals surface area (Å²) in [7, 11) is -3.55. The molecule has 0 aliphatic carbocycles. The molecule has 1 saturated heterocycles. The Morgan fingerprint density at radius 3 is 2.83 bits per heavy atom. The van der Waals surface area contributed by atoms with Crippen molar-refractivity contribution in [2.45, 2.75) is 23.8 Å². The van der Waals surface area contributed by atoms with Crippen molar-refractivity contribution < 1.29 is 8.42 Å². The number of hydrogen-bond acceptors (Lipinski definition) is 3. The van der Waals surface area contributed by atoms with E-state index in [2.05, 4.69) is 15.9 Å². The first kappa shape index (κ1) is 14.3. The van der Waals surface area contributed by atoms with Gasteiger partial charge in [0.25, 0.3) is 0 Å². The molecule has 0 bridgehead atoms. The van der Waals surface area contributed by atoms with Gasteiger partial charge in [-0.2, -0.15) is 4.31 Å². The van der Waals surface area contributed by atoms with Gasteiger partial charge in [0.15, 0.2) is 0 Å². The van der Waals surface area contributed by atoms with Crippen LogP contribution < -0.4 is 5.73 Å². The number of hydrogen-bond donors (Lipinski definition) is 1. The lowest BCUT2D eigenvalue weighted by atomic mass is 10.2. The Bertz CT molecular complexity index is 550. The number of nitrogens with zero attached hydrogens (tertiary/aromatic N) is 1. The summed E-state index contributed by atoms with van der Waals surface area (Å²) in [6.07, 6.45) is 1.65. The van der Waals surface area contributed by atoms with Crippen molar-refractivity contribution in [3.05, 3.63) is 27.7 Å². The van der Waals surface area contributed by atoms with Crippen molar-refractivity contribution in [1.82, 2.24) is 4.31 Å². The molecule has 0 saturated carbocycles. The smallest absolute Gasteiger partial charge is 0.244 e. The minimum Gasteiger partial charge on any atom is -0.329 e. The molecule has 2 N–H and O–H groups in total. The largest absolute Gasteiger partial charge is 0.329 e. The molecule has 100 valence electrons. The van der Waals surface area contributed by atoms with Crippen LogP contribution >= 0.6 is 27.5 Å². The average Bonchev–Trinajstić information content (AvgIpc) is 2.76. The highest BCUT2D eigenvalue weighted by atomic mass is 79.9. The van der Waals surface area contributed by atoms with Crippen LogP contribution in [0.3, 0.4) is 0 Å². The molecule has 1 atom stereocenters. The minimum atomic E-state index is -3.55. The Morgan fingerprint density at radius 1 is 1.50 bits per heavy atom. The molecule has 1 aliphatic heterocycles. The van der Waals surface area contributed by atoms with Crippen LogP contribution in [0.4, 0.5) is 0 Å². The summed E-state index contributed by atoms with van der Waals surface area (Å²) in [5.41, 5.74) is 5.61. The number of benzene rings is 1. The quantitative estimate of drug-likeness (QED) is 0.906. The zero-order valence-electron chi connectivity index (χ0n) is 9.64. The highest BCUT2D eigenvalue weighted by Crippen LogP contribution is 2.31. The fraction of sp³-hybridized carbons (Fsp3) is 0.455. The molecule has 1 fully saturated rings. The summed E-state index contributed by atoms with van der Waals surface area (Å²) in [6.45, 7) is 0.851. The van der Waals surface area contributed by atoms with E-state index in [0.29, 0.717) is 13.1 Å². The number of sulfonamides is 1. The van der Waals surface area contributed by atoms with E-state index in [9.17, 15) is 8.42 Å². The SMILES string of the molecule is NCC1CCCN1S(=O)(=O)c1ccc(Br)cc1Cl. The second-order valence-corrected chi connectivity index (χ2v) is 7.40. The Morgan fingerprint density at radius 2 is 2.22 bits per heavy atom. The zero-order chi connectivity index (χ0) is 13.3. The van der Waals surface area contributed by atoms with E-state index in [1.807, 2.05) is 0 Å². The Hall–Kier alpha value is -0.140. The van der Waals surface area contributed by atoms with Crippen molar-refractivity contribution >= 4 is 37.6 Å². The van der Waals surface area contributed by atoms with Gasteiger partial charge in [0.2, 0.25) is 10.0 Å². The van der Waals surface area contributed by atoms with E-state index in [1.54, 1.807) is 12.1 Å². The predicted octanol–water partition coefficient (Wildman–Crippen LogP) is 2.21. The van der Waals surface area contributed by atoms with Gasteiger partial charge in [0, 0.05) is 23.6 Å². The predicted molar refractivity (Wildman–Crippen MR) is 75.1 cm³/mol. The van der Waals surface area contributed by atoms with E-state index in [1.165, 1.54) is 10.4 Å². The molecule has 7 heteroatoms. The maximum Gasteiger partial charge on any atom is 0.244 e. The molecule has 0 aromatic heterocycles. The van der Waals surface area contributed by atoms with Gasteiger partial charge in [-0.25, -0.2) is 8.42 Å². The minimum absolute atomic E-state index is 0.116. The fourth-order valence-corrected chi connectivity index (χ4v) is 4.89. The summed E-state index contributed by atoms with van der Waals surface area (Å²) in [5.74, 6) is 0. The fourth-order valence-electron chi connectivity index (χ4n) is 2.17. The van der Waals surface area contributed by atoms with Gasteiger partial charge in [-0.1, -0.05) is 27.5 Å². The average molecular weight is 354 g/mol. The van der Waals surface area contributed by atoms with Crippen LogP contribution in [-0.4, -0.2) is 31.9 Å². The Kier molecular flexibility index (Phi) is 4.33. The molecule has 1 heterocycles. The third-order valence-electron chi connectivity index (χ3n) is 3.08. The van der Waals surface area contributed by atoms with Crippen molar-refractivity contribution in [2.75, 3.05) is 13.1 Å². The number of halogens is 2. The van der Waals surface area contributed by atoms with Crippen LogP contribution in [0.5, 0.6) is 0 Å². The van der Waals surface area contributed by atoms with Gasteiger partial charge in [0.05, 0.1) is 5.02 Å². The van der Waals surface area contributed by atoms with Gasteiger partial charge >= 0.3 is 0 Å². The molecule has 1 aliphatic rings. The first-order valence-electron chi connectivity index (χ1n) is 5.64. The monoisotopic (exact) mass is 352 g/mol. The molecule has 0 radical (unpaired) electrons. The maximum atomic E-state index is 12.5. The van der Waals surface area contributed by atoms with Gasteiger partial charge in [0.1, 0.15) is 4.90 Å². The molecule has 1 aromatic rings. The third-order valence-corrected chi connectivity index (χ3v) is 6.00. The topological polar surface area (TPSA) is 63.4 Å². The van der Waals surface area contributed by atoms with Crippen molar-refractivity contribution in [3.63, 3.8) is 0 Å². The van der Waals surface area contributed by atoms with Crippen LogP contribution in [0, 0.1) is 0 Å². The van der Waals surface area contributed by atoms with Crippen LogP contribution in [0.15, 0.2) is 27.6 Å². The van der Waals surface area contributed by atoms with Crippen molar-refractivity contribution in [1.29, 1.82) is 0 Å². The molecular weight excluding hydrogens is 340 g/mol. The molecular formula is C11H14BrClN2O2S. The first-order chi connectivity index (χ1) is 8.46. The van der Waals surface area contributed by atoms with Crippen LogP contribution in [-0.2, 0) is 10.0 Å². The summed E-state index contributed by atoms with van der Waals surface area (Å²) in [6, 6.07) is 4.66. The highest BCUT2D eigenvalue weighted by molar-refractivity contribution is 9.10. The van der Waals surface area contributed by atoms with E-state index in [0.717, 1.165) is 17.3 Å². The van der Waals surface area contributed by atoms with Crippen molar-refractivity contribution in [3.8, 4) is 0 Å². The molecule has 0 amide bonds. The second-order valence-electron chi connectivity index (χ2n) is 4.22. The van der Waals surface area contributed by atoms with Crippen molar-refractivity contribution in [2.24, 2.45) is 5.73 Å². The standard InChI is InChI=1S/C11H14BrClN2O2S/c12-8-3-4-11(10(13)6-8)18(16,17)15-5-1-2-9(15)7-14/h3-4,6,9H,1-2,5,7,14H2. The van der Waals surface area contributed by atoms with Crippen LogP contribution in [0.25, 0.3) is 0 Å². The molecule has 18 heavy (non-hydrogen) atoms. The summed E-state index contributed by atoms with van der Waals surface area (Å²) in [4.78, 5) is 0.146. The van der Waals surface area contributed by atoms with Crippen LogP contribution in [0.1, 0.15) is 12.8 Å². The van der Waals surface area contributed by atoms with E-state index >= 15 is 0 Å². The molecule has 1 unspecified atom stereocenters. The van der Waals surface area contributed by atoms with Crippen LogP contribution in [0.2, 0.25) is 5.02 Å². The van der Waals surface area contributed by atoms with Gasteiger partial charge in [-0.15, -0.1) is 0 Å². The molecule has 4 nitrogen and oxygen atoms in total. The maximum absolute atomic E-state index is 12.5. The molecule has 1 aromatic carbocycles. The lowest BCUT2D eigenvalue weighted by molar-refractivity contribution is 0.393. The lowest BCUT2D eigenvalue weighted by Gasteiger charge is -2.23. The Labute approximate surface area is 120 Å². The van der Waals surface area contributed by atoms with E-state index < -0.39 is 10.0 Å². The number of rotatable bonds is 3. The summed E-state index contributed by atoms with van der Waals surface area (Å²) >= 11 is 9.28. The Balaban J connectivity index is 2.42. The highest BCUT2D eigenvalue weighted by Gasteiger charge is 2.35. The van der Waals surface area contributed by atoms with E-state index in [4.69, 9.17) is 17.3 Å². The second kappa shape index (κ2) is 5.46. The normalized spacial score (nSPS) is 21.4. The lowest BCUT2D eigenvalue weighted by Crippen LogP contribution is -2.39. The van der Waals surface area contributed by atoms with Gasteiger partial charge in [-0.05, 0) is 31.0 Å². The molecule has 0 spiro atoms. The zero-order valence-corrected chi connectivity index (χ0v) is 12.8. The third kappa shape index (κ3) is 2.58. The van der Waals surface area contributed by atoms with Gasteiger partial charge in [-0.3, -0.25) is 0 Å².